The monoisotopic (exact) mass is 521 g/mol. The van der Waals surface area contributed by atoms with E-state index in [9.17, 15) is 14.9 Å². The van der Waals surface area contributed by atoms with Crippen LogP contribution in [-0.2, 0) is 16.5 Å². The van der Waals surface area contributed by atoms with Crippen LogP contribution in [0.15, 0.2) is 84.9 Å². The Balaban J connectivity index is 1.74. The van der Waals surface area contributed by atoms with Crippen molar-refractivity contribution < 1.29 is 14.5 Å². The Hall–Kier alpha value is -2.82. The lowest BCUT2D eigenvalue weighted by Crippen LogP contribution is -2.44. The van der Waals surface area contributed by atoms with E-state index in [1.54, 1.807) is 0 Å². The lowest BCUT2D eigenvalue weighted by atomic mass is 9.71. The van der Waals surface area contributed by atoms with Crippen molar-refractivity contribution in [1.29, 1.82) is 0 Å². The Morgan fingerprint density at radius 3 is 1.92 bits per heavy atom. The van der Waals surface area contributed by atoms with Gasteiger partial charge >= 0.3 is 5.97 Å². The van der Waals surface area contributed by atoms with Crippen molar-refractivity contribution in [3.8, 4) is 0 Å². The van der Waals surface area contributed by atoms with E-state index in [1.165, 1.54) is 24.3 Å². The van der Waals surface area contributed by atoms with Crippen LogP contribution < -0.4 is 10.6 Å². The predicted octanol–water partition coefficient (Wildman–Crippen LogP) is 6.47. The van der Waals surface area contributed by atoms with Crippen molar-refractivity contribution in [3.05, 3.63) is 101 Å². The molecule has 36 heavy (non-hydrogen) atoms. The number of carbonyl (C=O) groups excluding carboxylic acids is 1. The number of benzene rings is 3. The second-order valence-corrected chi connectivity index (χ2v) is 15.3. The third kappa shape index (κ3) is 5.45. The van der Waals surface area contributed by atoms with E-state index in [1.807, 2.05) is 36.4 Å². The number of hydrogen-bond acceptors (Lipinski definition) is 5. The average Bonchev–Trinajstić information content (AvgIpc) is 2.89. The molecule has 0 heterocycles. The molecule has 0 bridgehead atoms. The van der Waals surface area contributed by atoms with Crippen LogP contribution in [0.25, 0.3) is 0 Å². The lowest BCUT2D eigenvalue weighted by molar-refractivity contribution is -0.384. The van der Waals surface area contributed by atoms with Crippen LogP contribution in [0.4, 0.5) is 5.69 Å². The molecule has 0 aliphatic heterocycles. The van der Waals surface area contributed by atoms with Gasteiger partial charge in [0.15, 0.2) is 0 Å². The van der Waals surface area contributed by atoms with E-state index in [0.717, 1.165) is 29.9 Å². The largest absolute Gasteiger partial charge is 0.458 e. The Morgan fingerprint density at radius 1 is 0.917 bits per heavy atom. The van der Waals surface area contributed by atoms with Gasteiger partial charge in [0.1, 0.15) is 6.10 Å². The van der Waals surface area contributed by atoms with Gasteiger partial charge in [-0.1, -0.05) is 93.2 Å². The Labute approximate surface area is 218 Å². The summed E-state index contributed by atoms with van der Waals surface area (Å²) in [5.74, 6) is -0.0108. The number of esters is 1. The number of nitrogens with zero attached hydrogens (tertiary/aromatic N) is 1. The Kier molecular flexibility index (Phi) is 7.77. The normalized spacial score (nSPS) is 20.5. The first kappa shape index (κ1) is 26.2. The van der Waals surface area contributed by atoms with Crippen molar-refractivity contribution in [2.75, 3.05) is 0 Å². The minimum Gasteiger partial charge on any atom is -0.458 e. The van der Waals surface area contributed by atoms with Gasteiger partial charge in [-0.2, -0.15) is 0 Å². The van der Waals surface area contributed by atoms with E-state index in [2.05, 4.69) is 45.0 Å². The van der Waals surface area contributed by atoms with Crippen LogP contribution >= 0.6 is 6.04 Å². The predicted molar refractivity (Wildman–Crippen MR) is 149 cm³/mol. The van der Waals surface area contributed by atoms with Crippen LogP contribution in [0.5, 0.6) is 0 Å². The summed E-state index contributed by atoms with van der Waals surface area (Å²) in [6.07, 6.45) is 2.24. The summed E-state index contributed by atoms with van der Waals surface area (Å²) in [4.78, 5) is 23.7. The standard InChI is InChI=1S/C29H32NO4PS/c1-29(2,3)22-16-19-26(34-28(31)21-14-17-23(18-15-21)30(32)33)27(20-22)35(36,24-10-6-4-7-11-24)25-12-8-5-9-13-25/h4-15,17-18,22,26-27H,16,19-20H2,1-3H3/t22-,26+,27+/m0/s1. The maximum atomic E-state index is 13.2. The molecule has 0 N–H and O–H groups in total. The molecule has 3 aromatic rings. The topological polar surface area (TPSA) is 69.4 Å². The third-order valence-corrected chi connectivity index (χ3v) is 13.0. The Bertz CT molecular complexity index is 1210. The van der Waals surface area contributed by atoms with Gasteiger partial charge in [0.05, 0.1) is 10.5 Å². The maximum Gasteiger partial charge on any atom is 0.338 e. The molecule has 0 radical (unpaired) electrons. The molecule has 5 nitrogen and oxygen atoms in total. The van der Waals surface area contributed by atoms with Gasteiger partial charge in [0.2, 0.25) is 0 Å². The fourth-order valence-electron chi connectivity index (χ4n) is 5.18. The molecular weight excluding hydrogens is 489 g/mol. The van der Waals surface area contributed by atoms with E-state index in [-0.39, 0.29) is 22.9 Å². The second-order valence-electron chi connectivity index (χ2n) is 10.5. The first-order valence-electron chi connectivity index (χ1n) is 12.3. The van der Waals surface area contributed by atoms with E-state index >= 15 is 0 Å². The molecule has 0 unspecified atom stereocenters. The molecular formula is C29H32NO4PS. The third-order valence-electron chi connectivity index (χ3n) is 7.30. The molecule has 3 atom stereocenters. The zero-order valence-corrected chi connectivity index (χ0v) is 22.6. The zero-order valence-electron chi connectivity index (χ0n) is 20.9. The van der Waals surface area contributed by atoms with Crippen molar-refractivity contribution in [3.63, 3.8) is 0 Å². The highest BCUT2D eigenvalue weighted by Gasteiger charge is 2.45. The van der Waals surface area contributed by atoms with E-state index in [4.69, 9.17) is 16.5 Å². The molecule has 0 aromatic heterocycles. The summed E-state index contributed by atoms with van der Waals surface area (Å²) in [6.45, 7) is 6.81. The average molecular weight is 522 g/mol. The van der Waals surface area contributed by atoms with Crippen LogP contribution in [0.2, 0.25) is 0 Å². The summed E-state index contributed by atoms with van der Waals surface area (Å²) in [7, 11) is 0. The van der Waals surface area contributed by atoms with Crippen molar-refractivity contribution >= 4 is 40.1 Å². The number of carbonyl (C=O) groups is 1. The molecule has 1 aliphatic rings. The van der Waals surface area contributed by atoms with Gasteiger partial charge < -0.3 is 4.74 Å². The molecule has 188 valence electrons. The number of rotatable bonds is 6. The van der Waals surface area contributed by atoms with Gasteiger partial charge in [-0.05, 0) is 53.3 Å². The zero-order chi connectivity index (χ0) is 25.9. The fourth-order valence-corrected chi connectivity index (χ4v) is 10.1. The summed E-state index contributed by atoms with van der Waals surface area (Å²) < 4.78 is 6.19. The highest BCUT2D eigenvalue weighted by Crippen LogP contribution is 2.57. The van der Waals surface area contributed by atoms with Crippen molar-refractivity contribution in [1.82, 2.24) is 0 Å². The molecule has 1 saturated carbocycles. The van der Waals surface area contributed by atoms with Crippen molar-refractivity contribution in [2.45, 2.75) is 51.8 Å². The van der Waals surface area contributed by atoms with Crippen molar-refractivity contribution in [2.24, 2.45) is 11.3 Å². The summed E-state index contributed by atoms with van der Waals surface area (Å²) in [5.41, 5.74) is 0.347. The number of nitro groups is 1. The molecule has 7 heteroatoms. The molecule has 1 aliphatic carbocycles. The second kappa shape index (κ2) is 10.7. The van der Waals surface area contributed by atoms with E-state index in [0.29, 0.717) is 11.5 Å². The molecule has 3 aromatic carbocycles. The summed E-state index contributed by atoms with van der Waals surface area (Å²) >= 11 is 6.67. The minimum atomic E-state index is -2.36. The fraction of sp³-hybridized carbons (Fsp3) is 0.345. The highest BCUT2D eigenvalue weighted by atomic mass is 32.4. The van der Waals surface area contributed by atoms with Crippen LogP contribution in [0.1, 0.15) is 50.4 Å². The molecule has 0 spiro atoms. The molecule has 4 rings (SSSR count). The SMILES string of the molecule is CC(C)(C)[C@H]1CC[C@@H](OC(=O)c2ccc([N+](=O)[O-])cc2)[C@H](P(=S)(c2ccccc2)c2ccccc2)C1. The summed E-state index contributed by atoms with van der Waals surface area (Å²) in [6, 6.07) is 23.8. The number of non-ortho nitro benzene ring substituents is 1. The molecule has 0 amide bonds. The van der Waals surface area contributed by atoms with Gasteiger partial charge in [-0.15, -0.1) is 0 Å². The minimum absolute atomic E-state index is 0.0164. The molecule has 1 fully saturated rings. The van der Waals surface area contributed by atoms with E-state index < -0.39 is 16.9 Å². The molecule has 0 saturated heterocycles. The maximum absolute atomic E-state index is 13.2. The Morgan fingerprint density at radius 2 is 1.44 bits per heavy atom. The van der Waals surface area contributed by atoms with Gasteiger partial charge in [0, 0.05) is 23.8 Å². The van der Waals surface area contributed by atoms with Gasteiger partial charge in [0.25, 0.3) is 5.69 Å². The number of hydrogen-bond donors (Lipinski definition) is 0. The van der Waals surface area contributed by atoms with Crippen LogP contribution in [0, 0.1) is 21.4 Å². The smallest absolute Gasteiger partial charge is 0.338 e. The first-order chi connectivity index (χ1) is 17.1. The van der Waals surface area contributed by atoms with Crippen LogP contribution in [-0.4, -0.2) is 22.7 Å². The first-order valence-corrected chi connectivity index (χ1v) is 15.1. The number of ether oxygens (including phenoxy) is 1. The lowest BCUT2D eigenvalue weighted by Gasteiger charge is -2.46. The van der Waals surface area contributed by atoms with Gasteiger partial charge in [-0.25, -0.2) is 4.79 Å². The highest BCUT2D eigenvalue weighted by molar-refractivity contribution is 8.22. The summed E-state index contributed by atoms with van der Waals surface area (Å²) in [5, 5.41) is 13.3. The number of nitro benzene ring substituents is 1. The van der Waals surface area contributed by atoms with Crippen LogP contribution in [0.3, 0.4) is 0 Å². The quantitative estimate of drug-likeness (QED) is 0.161. The van der Waals surface area contributed by atoms with Gasteiger partial charge in [-0.3, -0.25) is 10.1 Å².